The third-order valence-electron chi connectivity index (χ3n) is 2.42. The number of rotatable bonds is 3. The first-order chi connectivity index (χ1) is 7.20. The molecule has 4 nitrogen and oxygen atoms in total. The van der Waals surface area contributed by atoms with Gasteiger partial charge in [-0.1, -0.05) is 6.92 Å². The molecule has 15 heavy (non-hydrogen) atoms. The van der Waals surface area contributed by atoms with Gasteiger partial charge in [-0.2, -0.15) is 0 Å². The van der Waals surface area contributed by atoms with Crippen LogP contribution in [-0.4, -0.2) is 21.5 Å². The molecule has 0 aliphatic carbocycles. The molecule has 4 heteroatoms. The van der Waals surface area contributed by atoms with Gasteiger partial charge in [0.25, 0.3) is 0 Å². The molecule has 0 radical (unpaired) electrons. The van der Waals surface area contributed by atoms with Crippen LogP contribution in [0.3, 0.4) is 0 Å². The number of fused-ring (bicyclic) bond motifs is 1. The number of pyridine rings is 1. The Morgan fingerprint density at radius 3 is 2.93 bits per heavy atom. The number of hydrogen-bond donors (Lipinski definition) is 2. The van der Waals surface area contributed by atoms with Crippen LogP contribution in [0.15, 0.2) is 12.1 Å². The van der Waals surface area contributed by atoms with Crippen molar-refractivity contribution in [3.05, 3.63) is 23.7 Å². The van der Waals surface area contributed by atoms with E-state index in [1.807, 2.05) is 19.1 Å². The van der Waals surface area contributed by atoms with Gasteiger partial charge in [0.15, 0.2) is 5.65 Å². The van der Waals surface area contributed by atoms with Gasteiger partial charge in [0, 0.05) is 5.69 Å². The highest BCUT2D eigenvalue weighted by molar-refractivity contribution is 5.70. The Morgan fingerprint density at radius 1 is 1.40 bits per heavy atom. The van der Waals surface area contributed by atoms with Gasteiger partial charge in [-0.25, -0.2) is 9.97 Å². The van der Waals surface area contributed by atoms with Crippen molar-refractivity contribution in [3.8, 4) is 0 Å². The maximum absolute atomic E-state index is 4.46. The minimum Gasteiger partial charge on any atom is -0.339 e. The zero-order chi connectivity index (χ0) is 10.8. The first-order valence-electron chi connectivity index (χ1n) is 5.27. The van der Waals surface area contributed by atoms with Crippen molar-refractivity contribution < 1.29 is 0 Å². The first kappa shape index (κ1) is 10.1. The molecule has 80 valence electrons. The molecule has 2 N–H and O–H groups in total. The fraction of sp³-hybridized carbons (Fsp3) is 0.455. The number of aromatic nitrogens is 3. The standard InChI is InChI=1S/C11H16N4/c1-4-12-8(3)10-14-9-6-5-7(2)13-11(9)15-10/h5-6,8,12H,4H2,1-3H3,(H,13,14,15). The van der Waals surface area contributed by atoms with Gasteiger partial charge in [0.05, 0.1) is 11.6 Å². The lowest BCUT2D eigenvalue weighted by Crippen LogP contribution is -2.18. The Kier molecular flexibility index (Phi) is 2.68. The number of hydrogen-bond acceptors (Lipinski definition) is 3. The van der Waals surface area contributed by atoms with Crippen LogP contribution in [0.5, 0.6) is 0 Å². The van der Waals surface area contributed by atoms with Crippen molar-refractivity contribution in [3.63, 3.8) is 0 Å². The summed E-state index contributed by atoms with van der Waals surface area (Å²) in [6.45, 7) is 7.09. The predicted octanol–water partition coefficient (Wildman–Crippen LogP) is 1.94. The summed E-state index contributed by atoms with van der Waals surface area (Å²) < 4.78 is 0. The van der Waals surface area contributed by atoms with Gasteiger partial charge in [-0.3, -0.25) is 0 Å². The van der Waals surface area contributed by atoms with Crippen molar-refractivity contribution in [1.29, 1.82) is 0 Å². The number of H-pyrrole nitrogens is 1. The molecule has 2 heterocycles. The second kappa shape index (κ2) is 3.98. The van der Waals surface area contributed by atoms with Crippen molar-refractivity contribution in [2.24, 2.45) is 0 Å². The lowest BCUT2D eigenvalue weighted by molar-refractivity contribution is 0.573. The van der Waals surface area contributed by atoms with Crippen molar-refractivity contribution in [1.82, 2.24) is 20.3 Å². The quantitative estimate of drug-likeness (QED) is 0.803. The topological polar surface area (TPSA) is 53.6 Å². The second-order valence-electron chi connectivity index (χ2n) is 3.73. The molecule has 1 unspecified atom stereocenters. The van der Waals surface area contributed by atoms with Gasteiger partial charge in [0.1, 0.15) is 5.82 Å². The summed E-state index contributed by atoms with van der Waals surface area (Å²) in [6, 6.07) is 4.25. The van der Waals surface area contributed by atoms with Crippen LogP contribution in [0.25, 0.3) is 11.2 Å². The largest absolute Gasteiger partial charge is 0.339 e. The fourth-order valence-electron chi connectivity index (χ4n) is 1.61. The highest BCUT2D eigenvalue weighted by Gasteiger charge is 2.09. The third kappa shape index (κ3) is 1.99. The minimum absolute atomic E-state index is 0.240. The normalized spacial score (nSPS) is 13.3. The van der Waals surface area contributed by atoms with Crippen molar-refractivity contribution >= 4 is 11.2 Å². The zero-order valence-corrected chi connectivity index (χ0v) is 9.33. The lowest BCUT2D eigenvalue weighted by atomic mass is 10.3. The van der Waals surface area contributed by atoms with E-state index in [0.29, 0.717) is 0 Å². The van der Waals surface area contributed by atoms with E-state index in [9.17, 15) is 0 Å². The van der Waals surface area contributed by atoms with Gasteiger partial charge >= 0.3 is 0 Å². The van der Waals surface area contributed by atoms with E-state index < -0.39 is 0 Å². The van der Waals surface area contributed by atoms with Crippen LogP contribution in [0.2, 0.25) is 0 Å². The Balaban J connectivity index is 2.38. The first-order valence-corrected chi connectivity index (χ1v) is 5.27. The molecule has 0 aliphatic heterocycles. The maximum atomic E-state index is 4.46. The smallest absolute Gasteiger partial charge is 0.177 e. The van der Waals surface area contributed by atoms with Gasteiger partial charge in [-0.05, 0) is 32.5 Å². The number of imidazole rings is 1. The van der Waals surface area contributed by atoms with E-state index in [1.54, 1.807) is 0 Å². The molecular weight excluding hydrogens is 188 g/mol. The molecular formula is C11H16N4. The highest BCUT2D eigenvalue weighted by atomic mass is 15.0. The van der Waals surface area contributed by atoms with Crippen LogP contribution in [0.4, 0.5) is 0 Å². The van der Waals surface area contributed by atoms with E-state index in [-0.39, 0.29) is 6.04 Å². The van der Waals surface area contributed by atoms with Crippen molar-refractivity contribution in [2.75, 3.05) is 6.54 Å². The van der Waals surface area contributed by atoms with E-state index in [2.05, 4.69) is 34.1 Å². The number of aromatic amines is 1. The molecule has 0 saturated heterocycles. The summed E-state index contributed by atoms with van der Waals surface area (Å²) in [5, 5.41) is 3.32. The number of nitrogens with one attached hydrogen (secondary N) is 2. The van der Waals surface area contributed by atoms with Crippen LogP contribution >= 0.6 is 0 Å². The molecule has 2 aromatic rings. The van der Waals surface area contributed by atoms with E-state index in [4.69, 9.17) is 0 Å². The van der Waals surface area contributed by atoms with E-state index >= 15 is 0 Å². The number of nitrogens with zero attached hydrogens (tertiary/aromatic N) is 2. The molecule has 0 aromatic carbocycles. The maximum Gasteiger partial charge on any atom is 0.177 e. The van der Waals surface area contributed by atoms with Gasteiger partial charge in [0.2, 0.25) is 0 Å². The molecule has 2 rings (SSSR count). The van der Waals surface area contributed by atoms with Gasteiger partial charge < -0.3 is 10.3 Å². The molecule has 1 atom stereocenters. The Labute approximate surface area is 89.1 Å². The molecule has 0 aliphatic rings. The summed E-state index contributed by atoms with van der Waals surface area (Å²) in [6.07, 6.45) is 0. The Morgan fingerprint density at radius 2 is 2.20 bits per heavy atom. The molecule has 0 bridgehead atoms. The molecule has 0 saturated carbocycles. The third-order valence-corrected chi connectivity index (χ3v) is 2.42. The summed E-state index contributed by atoms with van der Waals surface area (Å²) in [7, 11) is 0. The average Bonchev–Trinajstić information content (AvgIpc) is 2.60. The monoisotopic (exact) mass is 204 g/mol. The Bertz CT molecular complexity index is 461. The van der Waals surface area contributed by atoms with Crippen LogP contribution in [0.1, 0.15) is 31.4 Å². The summed E-state index contributed by atoms with van der Waals surface area (Å²) in [4.78, 5) is 12.1. The van der Waals surface area contributed by atoms with E-state index in [0.717, 1.165) is 29.2 Å². The van der Waals surface area contributed by atoms with Crippen LogP contribution < -0.4 is 5.32 Å². The zero-order valence-electron chi connectivity index (χ0n) is 9.33. The molecule has 0 amide bonds. The average molecular weight is 204 g/mol. The number of aryl methyl sites for hydroxylation is 1. The molecule has 0 spiro atoms. The van der Waals surface area contributed by atoms with Crippen LogP contribution in [0, 0.1) is 6.92 Å². The van der Waals surface area contributed by atoms with E-state index in [1.165, 1.54) is 0 Å². The van der Waals surface area contributed by atoms with Crippen molar-refractivity contribution in [2.45, 2.75) is 26.8 Å². The molecule has 2 aromatic heterocycles. The lowest BCUT2D eigenvalue weighted by Gasteiger charge is -2.07. The summed E-state index contributed by atoms with van der Waals surface area (Å²) in [5.74, 6) is 0.949. The second-order valence-corrected chi connectivity index (χ2v) is 3.73. The fourth-order valence-corrected chi connectivity index (χ4v) is 1.61. The highest BCUT2D eigenvalue weighted by Crippen LogP contribution is 2.14. The van der Waals surface area contributed by atoms with Gasteiger partial charge in [-0.15, -0.1) is 0 Å². The minimum atomic E-state index is 0.240. The Hall–Kier alpha value is -1.42. The van der Waals surface area contributed by atoms with Crippen LogP contribution in [-0.2, 0) is 0 Å². The summed E-state index contributed by atoms with van der Waals surface area (Å²) in [5.41, 5.74) is 2.80. The summed E-state index contributed by atoms with van der Waals surface area (Å²) >= 11 is 0. The molecule has 0 fully saturated rings. The predicted molar refractivity (Wildman–Crippen MR) is 60.7 cm³/mol. The SMILES string of the molecule is CCNC(C)c1nc2nc(C)ccc2[nH]1.